The molecule has 1 atom stereocenters. The van der Waals surface area contributed by atoms with Crippen LogP contribution in [0.3, 0.4) is 0 Å². The van der Waals surface area contributed by atoms with Gasteiger partial charge >= 0.3 is 0 Å². The van der Waals surface area contributed by atoms with Crippen molar-refractivity contribution in [3.05, 3.63) is 26.5 Å². The lowest BCUT2D eigenvalue weighted by Crippen LogP contribution is -1.93. The van der Waals surface area contributed by atoms with Crippen LogP contribution in [-0.2, 0) is 6.42 Å². The molecule has 0 aromatic carbocycles. The number of fused-ring (bicyclic) bond motifs is 1. The van der Waals surface area contributed by atoms with Gasteiger partial charge in [-0.1, -0.05) is 12.5 Å². The van der Waals surface area contributed by atoms with Gasteiger partial charge in [0.1, 0.15) is 0 Å². The van der Waals surface area contributed by atoms with Gasteiger partial charge in [-0.3, -0.25) is 0 Å². The van der Waals surface area contributed by atoms with Crippen LogP contribution in [0.25, 0.3) is 5.57 Å². The normalized spacial score (nSPS) is 20.1. The van der Waals surface area contributed by atoms with Gasteiger partial charge in [0.25, 0.3) is 0 Å². The zero-order chi connectivity index (χ0) is 10.5. The lowest BCUT2D eigenvalue weighted by atomic mass is 10.0. The number of rotatable bonds is 0. The van der Waals surface area contributed by atoms with Gasteiger partial charge in [-0.2, -0.15) is 0 Å². The van der Waals surface area contributed by atoms with Crippen LogP contribution in [0.1, 0.15) is 41.7 Å². The summed E-state index contributed by atoms with van der Waals surface area (Å²) in [4.78, 5) is 3.08. The van der Waals surface area contributed by atoms with Crippen LogP contribution >= 0.6 is 11.3 Å². The van der Waals surface area contributed by atoms with E-state index in [1.807, 2.05) is 11.3 Å². The standard InChI is InChI=1S/C13H18S/c1-7(2)12-8(3)6-11-9(4)10(5)14-13(11)12/h8H,6H2,1-5H3. The van der Waals surface area contributed by atoms with Crippen molar-refractivity contribution < 1.29 is 0 Å². The Bertz CT molecular complexity index is 403. The molecular weight excluding hydrogens is 188 g/mol. The molecule has 14 heavy (non-hydrogen) atoms. The second-order valence-electron chi connectivity index (χ2n) is 4.61. The van der Waals surface area contributed by atoms with Gasteiger partial charge < -0.3 is 0 Å². The Labute approximate surface area is 90.7 Å². The molecule has 0 fully saturated rings. The van der Waals surface area contributed by atoms with E-state index >= 15 is 0 Å². The third-order valence-electron chi connectivity index (χ3n) is 3.30. The summed E-state index contributed by atoms with van der Waals surface area (Å²) in [5, 5.41) is 0. The maximum Gasteiger partial charge on any atom is 0.0342 e. The SMILES string of the molecule is CC(C)=C1c2sc(C)c(C)c2CC1C. The van der Waals surface area contributed by atoms with Crippen molar-refractivity contribution in [1.82, 2.24) is 0 Å². The fourth-order valence-corrected chi connectivity index (χ4v) is 3.95. The number of aryl methyl sites for hydroxylation is 1. The van der Waals surface area contributed by atoms with E-state index in [0.29, 0.717) is 0 Å². The molecule has 0 saturated carbocycles. The summed E-state index contributed by atoms with van der Waals surface area (Å²) in [6.45, 7) is 11.3. The largest absolute Gasteiger partial charge is 0.140 e. The smallest absolute Gasteiger partial charge is 0.0342 e. The molecule has 2 rings (SSSR count). The zero-order valence-electron chi connectivity index (χ0n) is 9.69. The lowest BCUT2D eigenvalue weighted by Gasteiger charge is -2.07. The Morgan fingerprint density at radius 1 is 1.29 bits per heavy atom. The number of allylic oxidation sites excluding steroid dienone is 2. The molecule has 0 spiro atoms. The van der Waals surface area contributed by atoms with E-state index in [1.165, 1.54) is 22.4 Å². The molecule has 1 aliphatic rings. The maximum atomic E-state index is 2.35. The molecule has 0 radical (unpaired) electrons. The van der Waals surface area contributed by atoms with Crippen LogP contribution < -0.4 is 0 Å². The van der Waals surface area contributed by atoms with Crippen LogP contribution in [0, 0.1) is 19.8 Å². The van der Waals surface area contributed by atoms with Crippen molar-refractivity contribution in [1.29, 1.82) is 0 Å². The van der Waals surface area contributed by atoms with Crippen LogP contribution in [0.2, 0.25) is 0 Å². The van der Waals surface area contributed by atoms with Crippen molar-refractivity contribution >= 4 is 16.9 Å². The Morgan fingerprint density at radius 3 is 2.50 bits per heavy atom. The summed E-state index contributed by atoms with van der Waals surface area (Å²) in [5.74, 6) is 0.737. The predicted molar refractivity (Wildman–Crippen MR) is 64.9 cm³/mol. The molecule has 1 heteroatoms. The van der Waals surface area contributed by atoms with Crippen molar-refractivity contribution in [2.75, 3.05) is 0 Å². The van der Waals surface area contributed by atoms with E-state index in [1.54, 1.807) is 16.0 Å². The Morgan fingerprint density at radius 2 is 1.93 bits per heavy atom. The highest BCUT2D eigenvalue weighted by Gasteiger charge is 2.28. The first kappa shape index (κ1) is 9.97. The Hall–Kier alpha value is -0.560. The fraction of sp³-hybridized carbons (Fsp3) is 0.538. The zero-order valence-corrected chi connectivity index (χ0v) is 10.5. The first-order chi connectivity index (χ1) is 6.52. The molecule has 1 aliphatic carbocycles. The van der Waals surface area contributed by atoms with Crippen LogP contribution in [0.15, 0.2) is 5.57 Å². The van der Waals surface area contributed by atoms with Crippen molar-refractivity contribution in [2.45, 2.75) is 41.0 Å². The monoisotopic (exact) mass is 206 g/mol. The van der Waals surface area contributed by atoms with Crippen LogP contribution in [0.5, 0.6) is 0 Å². The summed E-state index contributed by atoms with van der Waals surface area (Å²) in [6.07, 6.45) is 1.26. The lowest BCUT2D eigenvalue weighted by molar-refractivity contribution is 0.772. The van der Waals surface area contributed by atoms with Gasteiger partial charge in [0.2, 0.25) is 0 Å². The third-order valence-corrected chi connectivity index (χ3v) is 4.58. The quantitative estimate of drug-likeness (QED) is 0.592. The summed E-state index contributed by atoms with van der Waals surface area (Å²) in [5.41, 5.74) is 6.27. The van der Waals surface area contributed by atoms with Gasteiger partial charge in [-0.15, -0.1) is 11.3 Å². The highest BCUT2D eigenvalue weighted by Crippen LogP contribution is 2.45. The highest BCUT2D eigenvalue weighted by molar-refractivity contribution is 7.13. The van der Waals surface area contributed by atoms with Crippen LogP contribution in [-0.4, -0.2) is 0 Å². The topological polar surface area (TPSA) is 0 Å². The van der Waals surface area contributed by atoms with E-state index in [9.17, 15) is 0 Å². The van der Waals surface area contributed by atoms with E-state index in [0.717, 1.165) is 5.92 Å². The molecule has 0 bridgehead atoms. The van der Waals surface area contributed by atoms with E-state index in [2.05, 4.69) is 34.6 Å². The molecule has 1 aromatic rings. The molecule has 0 aliphatic heterocycles. The second-order valence-corrected chi connectivity index (χ2v) is 5.83. The second kappa shape index (κ2) is 3.23. The fourth-order valence-electron chi connectivity index (χ4n) is 2.49. The van der Waals surface area contributed by atoms with Crippen LogP contribution in [0.4, 0.5) is 0 Å². The Kier molecular flexibility index (Phi) is 2.30. The van der Waals surface area contributed by atoms with Crippen molar-refractivity contribution in [2.24, 2.45) is 5.92 Å². The van der Waals surface area contributed by atoms with Gasteiger partial charge in [-0.05, 0) is 56.7 Å². The molecule has 0 N–H and O–H groups in total. The molecular formula is C13H18S. The minimum absolute atomic E-state index is 0.737. The summed E-state index contributed by atoms with van der Waals surface area (Å²) < 4.78 is 0. The molecule has 0 amide bonds. The van der Waals surface area contributed by atoms with Gasteiger partial charge in [0.05, 0.1) is 0 Å². The summed E-state index contributed by atoms with van der Waals surface area (Å²) >= 11 is 1.99. The summed E-state index contributed by atoms with van der Waals surface area (Å²) in [7, 11) is 0. The molecule has 1 aromatic heterocycles. The first-order valence-electron chi connectivity index (χ1n) is 5.29. The van der Waals surface area contributed by atoms with Gasteiger partial charge in [0.15, 0.2) is 0 Å². The minimum Gasteiger partial charge on any atom is -0.140 e. The third kappa shape index (κ3) is 1.26. The molecule has 76 valence electrons. The van der Waals surface area contributed by atoms with E-state index in [4.69, 9.17) is 0 Å². The predicted octanol–water partition coefficient (Wildman–Crippen LogP) is 4.35. The molecule has 1 unspecified atom stereocenters. The first-order valence-corrected chi connectivity index (χ1v) is 6.10. The highest BCUT2D eigenvalue weighted by atomic mass is 32.1. The molecule has 0 nitrogen and oxygen atoms in total. The van der Waals surface area contributed by atoms with E-state index < -0.39 is 0 Å². The number of thiophene rings is 1. The number of hydrogen-bond donors (Lipinski definition) is 0. The molecule has 0 saturated heterocycles. The maximum absolute atomic E-state index is 2.35. The minimum atomic E-state index is 0.737. The van der Waals surface area contributed by atoms with E-state index in [-0.39, 0.29) is 0 Å². The van der Waals surface area contributed by atoms with Crippen molar-refractivity contribution in [3.8, 4) is 0 Å². The van der Waals surface area contributed by atoms with Gasteiger partial charge in [0, 0.05) is 9.75 Å². The Balaban J connectivity index is 2.64. The molecule has 1 heterocycles. The average molecular weight is 206 g/mol. The summed E-state index contributed by atoms with van der Waals surface area (Å²) in [6, 6.07) is 0. The van der Waals surface area contributed by atoms with Crippen molar-refractivity contribution in [3.63, 3.8) is 0 Å². The van der Waals surface area contributed by atoms with Gasteiger partial charge in [-0.25, -0.2) is 0 Å². The number of hydrogen-bond acceptors (Lipinski definition) is 1. The average Bonchev–Trinajstić information content (AvgIpc) is 2.51.